The van der Waals surface area contributed by atoms with E-state index in [1.807, 2.05) is 6.92 Å². The smallest absolute Gasteiger partial charge is 0.246 e. The number of hydrogen-bond acceptors (Lipinski definition) is 2. The van der Waals surface area contributed by atoms with Gasteiger partial charge in [-0.2, -0.15) is 0 Å². The molecule has 1 amide bonds. The minimum Gasteiger partial charge on any atom is -0.375 e. The van der Waals surface area contributed by atoms with Crippen LogP contribution in [0.1, 0.15) is 39.5 Å². The Bertz CT molecular complexity index is 137. The average Bonchev–Trinajstić information content (AvgIpc) is 2.05. The highest BCUT2D eigenvalue weighted by Crippen LogP contribution is 2.02. The van der Waals surface area contributed by atoms with Crippen molar-refractivity contribution in [1.29, 1.82) is 0 Å². The van der Waals surface area contributed by atoms with Crippen LogP contribution in [0.5, 0.6) is 0 Å². The molecule has 0 aromatic carbocycles. The van der Waals surface area contributed by atoms with Gasteiger partial charge in [0.2, 0.25) is 5.91 Å². The Hall–Kier alpha value is -0.570. The second kappa shape index (κ2) is 8.05. The summed E-state index contributed by atoms with van der Waals surface area (Å²) in [5, 5.41) is 2.88. The molecule has 0 spiro atoms. The molecule has 0 rings (SSSR count). The van der Waals surface area contributed by atoms with E-state index in [0.717, 1.165) is 6.42 Å². The standard InChI is InChI=1S/C10H21NO2/c1-4-5-6-7-9(2)11-10(12)8-13-3/h9H,4-8H2,1-3H3,(H,11,12)/t9-/m0/s1. The van der Waals surface area contributed by atoms with Gasteiger partial charge in [-0.1, -0.05) is 26.2 Å². The molecule has 0 aromatic rings. The molecule has 1 N–H and O–H groups in total. The van der Waals surface area contributed by atoms with Crippen LogP contribution < -0.4 is 5.32 Å². The van der Waals surface area contributed by atoms with Gasteiger partial charge in [-0.05, 0) is 13.3 Å². The van der Waals surface area contributed by atoms with Gasteiger partial charge in [-0.15, -0.1) is 0 Å². The molecule has 0 aliphatic carbocycles. The summed E-state index contributed by atoms with van der Waals surface area (Å²) >= 11 is 0. The summed E-state index contributed by atoms with van der Waals surface area (Å²) in [6.07, 6.45) is 4.71. The molecule has 78 valence electrons. The monoisotopic (exact) mass is 187 g/mol. The van der Waals surface area contributed by atoms with Gasteiger partial charge in [0.25, 0.3) is 0 Å². The summed E-state index contributed by atoms with van der Waals surface area (Å²) in [5.41, 5.74) is 0. The minimum absolute atomic E-state index is 0.0218. The lowest BCUT2D eigenvalue weighted by Crippen LogP contribution is -2.34. The quantitative estimate of drug-likeness (QED) is 0.616. The fourth-order valence-corrected chi connectivity index (χ4v) is 1.22. The fraction of sp³-hybridized carbons (Fsp3) is 0.900. The van der Waals surface area contributed by atoms with Crippen LogP contribution in [-0.4, -0.2) is 25.7 Å². The number of rotatable bonds is 7. The third-order valence-corrected chi connectivity index (χ3v) is 1.92. The van der Waals surface area contributed by atoms with Crippen molar-refractivity contribution in [2.45, 2.75) is 45.6 Å². The maximum Gasteiger partial charge on any atom is 0.246 e. The van der Waals surface area contributed by atoms with Crippen LogP contribution in [0.25, 0.3) is 0 Å². The molecule has 3 heteroatoms. The van der Waals surface area contributed by atoms with E-state index in [-0.39, 0.29) is 18.6 Å². The molecule has 13 heavy (non-hydrogen) atoms. The average molecular weight is 187 g/mol. The van der Waals surface area contributed by atoms with Crippen LogP contribution in [0.4, 0.5) is 0 Å². The SMILES string of the molecule is CCCCC[C@H](C)NC(=O)COC. The van der Waals surface area contributed by atoms with E-state index in [2.05, 4.69) is 12.2 Å². The molecule has 0 saturated heterocycles. The maximum absolute atomic E-state index is 11.1. The van der Waals surface area contributed by atoms with E-state index in [1.54, 1.807) is 0 Å². The highest BCUT2D eigenvalue weighted by molar-refractivity contribution is 5.77. The molecule has 3 nitrogen and oxygen atoms in total. The van der Waals surface area contributed by atoms with Gasteiger partial charge in [0.05, 0.1) is 0 Å². The van der Waals surface area contributed by atoms with Gasteiger partial charge in [-0.3, -0.25) is 4.79 Å². The Kier molecular flexibility index (Phi) is 7.69. The number of nitrogens with one attached hydrogen (secondary N) is 1. The molecule has 0 fully saturated rings. The van der Waals surface area contributed by atoms with E-state index in [0.29, 0.717) is 0 Å². The van der Waals surface area contributed by atoms with Crippen LogP contribution in [-0.2, 0) is 9.53 Å². The van der Waals surface area contributed by atoms with Crippen molar-refractivity contribution >= 4 is 5.91 Å². The Morgan fingerprint density at radius 3 is 2.69 bits per heavy atom. The lowest BCUT2D eigenvalue weighted by atomic mass is 10.1. The molecule has 1 atom stereocenters. The second-order valence-corrected chi connectivity index (χ2v) is 3.40. The number of hydrogen-bond donors (Lipinski definition) is 1. The molecular formula is C10H21NO2. The molecule has 0 aliphatic heterocycles. The van der Waals surface area contributed by atoms with E-state index in [9.17, 15) is 4.79 Å². The molecule has 0 unspecified atom stereocenters. The zero-order valence-electron chi connectivity index (χ0n) is 8.93. The largest absolute Gasteiger partial charge is 0.375 e. The Labute approximate surface area is 80.8 Å². The van der Waals surface area contributed by atoms with E-state index in [1.165, 1.54) is 26.4 Å². The Balaban J connectivity index is 3.38. The normalized spacial score (nSPS) is 12.5. The summed E-state index contributed by atoms with van der Waals surface area (Å²) in [4.78, 5) is 11.1. The van der Waals surface area contributed by atoms with Crippen LogP contribution >= 0.6 is 0 Å². The first-order chi connectivity index (χ1) is 6.20. The number of unbranched alkanes of at least 4 members (excludes halogenated alkanes) is 2. The molecule has 0 radical (unpaired) electrons. The van der Waals surface area contributed by atoms with Crippen molar-refractivity contribution in [3.63, 3.8) is 0 Å². The van der Waals surface area contributed by atoms with Gasteiger partial charge >= 0.3 is 0 Å². The highest BCUT2D eigenvalue weighted by Gasteiger charge is 2.05. The van der Waals surface area contributed by atoms with E-state index < -0.39 is 0 Å². The van der Waals surface area contributed by atoms with Crippen molar-refractivity contribution in [1.82, 2.24) is 5.32 Å². The Morgan fingerprint density at radius 1 is 1.46 bits per heavy atom. The lowest BCUT2D eigenvalue weighted by molar-refractivity contribution is -0.125. The topological polar surface area (TPSA) is 38.3 Å². The molecule has 0 bridgehead atoms. The third kappa shape index (κ3) is 7.78. The first-order valence-corrected chi connectivity index (χ1v) is 4.99. The molecule has 0 aliphatic rings. The fourth-order valence-electron chi connectivity index (χ4n) is 1.22. The predicted molar refractivity (Wildman–Crippen MR) is 53.6 cm³/mol. The summed E-state index contributed by atoms with van der Waals surface area (Å²) in [6, 6.07) is 0.272. The van der Waals surface area contributed by atoms with Crippen molar-refractivity contribution in [2.75, 3.05) is 13.7 Å². The van der Waals surface area contributed by atoms with Crippen LogP contribution in [0.2, 0.25) is 0 Å². The molecule has 0 saturated carbocycles. The molecule has 0 aromatic heterocycles. The summed E-state index contributed by atoms with van der Waals surface area (Å²) in [5.74, 6) is -0.0218. The van der Waals surface area contributed by atoms with Crippen molar-refractivity contribution in [2.24, 2.45) is 0 Å². The van der Waals surface area contributed by atoms with Crippen molar-refractivity contribution in [3.05, 3.63) is 0 Å². The third-order valence-electron chi connectivity index (χ3n) is 1.92. The van der Waals surface area contributed by atoms with Gasteiger partial charge in [0.15, 0.2) is 0 Å². The highest BCUT2D eigenvalue weighted by atomic mass is 16.5. The van der Waals surface area contributed by atoms with Gasteiger partial charge in [0.1, 0.15) is 6.61 Å². The summed E-state index contributed by atoms with van der Waals surface area (Å²) < 4.78 is 4.72. The number of amides is 1. The van der Waals surface area contributed by atoms with Crippen molar-refractivity contribution in [3.8, 4) is 0 Å². The van der Waals surface area contributed by atoms with Crippen LogP contribution in [0.3, 0.4) is 0 Å². The minimum atomic E-state index is -0.0218. The first-order valence-electron chi connectivity index (χ1n) is 4.99. The van der Waals surface area contributed by atoms with E-state index in [4.69, 9.17) is 4.74 Å². The number of methoxy groups -OCH3 is 1. The van der Waals surface area contributed by atoms with Crippen molar-refractivity contribution < 1.29 is 9.53 Å². The second-order valence-electron chi connectivity index (χ2n) is 3.40. The lowest BCUT2D eigenvalue weighted by Gasteiger charge is -2.12. The predicted octanol–water partition coefficient (Wildman–Crippen LogP) is 1.72. The van der Waals surface area contributed by atoms with Gasteiger partial charge < -0.3 is 10.1 Å². The number of ether oxygens (including phenoxy) is 1. The number of carbonyl (C=O) groups is 1. The zero-order valence-corrected chi connectivity index (χ0v) is 8.93. The summed E-state index contributed by atoms with van der Waals surface area (Å²) in [7, 11) is 1.53. The number of carbonyl (C=O) groups excluding carboxylic acids is 1. The Morgan fingerprint density at radius 2 is 2.15 bits per heavy atom. The first kappa shape index (κ1) is 12.4. The van der Waals surface area contributed by atoms with Gasteiger partial charge in [-0.25, -0.2) is 0 Å². The molecule has 0 heterocycles. The van der Waals surface area contributed by atoms with E-state index >= 15 is 0 Å². The summed E-state index contributed by atoms with van der Waals surface area (Å²) in [6.45, 7) is 4.37. The maximum atomic E-state index is 11.1. The van der Waals surface area contributed by atoms with Gasteiger partial charge in [0, 0.05) is 13.2 Å². The van der Waals surface area contributed by atoms with Crippen LogP contribution in [0.15, 0.2) is 0 Å². The van der Waals surface area contributed by atoms with Crippen LogP contribution in [0, 0.1) is 0 Å². The zero-order chi connectivity index (χ0) is 10.1. The molecular weight excluding hydrogens is 166 g/mol.